The molecular weight excluding hydrogens is 386 g/mol. The van der Waals surface area contributed by atoms with Crippen molar-refractivity contribution in [2.45, 2.75) is 49.5 Å². The molecule has 160 valence electrons. The lowest BCUT2D eigenvalue weighted by atomic mass is 9.83. The summed E-state index contributed by atoms with van der Waals surface area (Å²) < 4.78 is 4.73. The summed E-state index contributed by atoms with van der Waals surface area (Å²) in [7, 11) is 1.44. The van der Waals surface area contributed by atoms with Crippen LogP contribution >= 0.6 is 11.8 Å². The summed E-state index contributed by atoms with van der Waals surface area (Å²) in [5, 5.41) is 6.60. The lowest BCUT2D eigenvalue weighted by molar-refractivity contribution is -0.141. The lowest BCUT2D eigenvalue weighted by Gasteiger charge is -2.31. The van der Waals surface area contributed by atoms with Crippen LogP contribution in [0.4, 0.5) is 5.69 Å². The average molecular weight is 420 g/mol. The Hall–Kier alpha value is -1.73. The number of rotatable bonds is 7. The third-order valence-corrected chi connectivity index (χ3v) is 6.83. The van der Waals surface area contributed by atoms with Crippen molar-refractivity contribution in [1.82, 2.24) is 10.6 Å². The molecule has 0 spiro atoms. The smallest absolute Gasteiger partial charge is 0.305 e. The highest BCUT2D eigenvalue weighted by Gasteiger charge is 2.24. The number of hydrogen-bond donors (Lipinski definition) is 2. The second-order valence-corrected chi connectivity index (χ2v) is 8.78. The molecule has 2 fully saturated rings. The minimum absolute atomic E-state index is 0.0187. The van der Waals surface area contributed by atoms with Crippen molar-refractivity contribution < 1.29 is 14.3 Å². The molecule has 0 bridgehead atoms. The van der Waals surface area contributed by atoms with Crippen molar-refractivity contribution in [3.05, 3.63) is 23.8 Å². The van der Waals surface area contributed by atoms with Crippen molar-refractivity contribution in [2.24, 2.45) is 5.92 Å². The number of piperazine rings is 1. The maximum Gasteiger partial charge on any atom is 0.305 e. The van der Waals surface area contributed by atoms with E-state index < -0.39 is 0 Å². The van der Waals surface area contributed by atoms with Gasteiger partial charge in [0.1, 0.15) is 0 Å². The van der Waals surface area contributed by atoms with Gasteiger partial charge in [0.25, 0.3) is 5.91 Å². The Morgan fingerprint density at radius 3 is 2.59 bits per heavy atom. The first kappa shape index (κ1) is 22.0. The van der Waals surface area contributed by atoms with Crippen LogP contribution in [0.5, 0.6) is 0 Å². The molecule has 29 heavy (non-hydrogen) atoms. The maximum absolute atomic E-state index is 12.8. The van der Waals surface area contributed by atoms with E-state index in [-0.39, 0.29) is 17.9 Å². The third-order valence-electron chi connectivity index (χ3n) is 6.07. The van der Waals surface area contributed by atoms with Crippen molar-refractivity contribution in [3.8, 4) is 0 Å². The number of ether oxygens (including phenoxy) is 1. The number of carbonyl (C=O) groups excluding carboxylic acids is 2. The number of thioether (sulfide) groups is 1. The van der Waals surface area contributed by atoms with Crippen LogP contribution in [0.15, 0.2) is 23.1 Å². The molecule has 1 aromatic rings. The summed E-state index contributed by atoms with van der Waals surface area (Å²) in [4.78, 5) is 27.7. The first-order chi connectivity index (χ1) is 14.1. The molecule has 1 heterocycles. The molecule has 0 aromatic heterocycles. The average Bonchev–Trinajstić information content (AvgIpc) is 2.78. The monoisotopic (exact) mass is 419 g/mol. The molecule has 6 nitrogen and oxygen atoms in total. The molecule has 1 saturated carbocycles. The Morgan fingerprint density at radius 1 is 1.21 bits per heavy atom. The molecule has 1 aliphatic carbocycles. The largest absolute Gasteiger partial charge is 0.469 e. The van der Waals surface area contributed by atoms with Gasteiger partial charge in [-0.2, -0.15) is 0 Å². The van der Waals surface area contributed by atoms with Crippen molar-refractivity contribution in [2.75, 3.05) is 44.4 Å². The standard InChI is InChI=1S/C22H33N3O3S/c1-28-21(26)10-5-16-3-7-18(8-4-16)24-22(27)17-6-9-19(20(15-17)29-2)25-13-11-23-12-14-25/h6,9,15-16,18,23H,3-5,7-8,10-14H2,1-2H3,(H,24,27). The van der Waals surface area contributed by atoms with E-state index in [0.29, 0.717) is 12.3 Å². The first-order valence-electron chi connectivity index (χ1n) is 10.6. The Morgan fingerprint density at radius 2 is 1.93 bits per heavy atom. The zero-order valence-corrected chi connectivity index (χ0v) is 18.4. The summed E-state index contributed by atoms with van der Waals surface area (Å²) in [6.45, 7) is 3.99. The number of benzene rings is 1. The molecule has 1 amide bonds. The number of nitrogens with zero attached hydrogens (tertiary/aromatic N) is 1. The van der Waals surface area contributed by atoms with Crippen LogP contribution in [0.1, 0.15) is 48.9 Å². The van der Waals surface area contributed by atoms with E-state index in [0.717, 1.165) is 68.7 Å². The van der Waals surface area contributed by atoms with E-state index in [1.807, 2.05) is 12.1 Å². The molecule has 2 N–H and O–H groups in total. The van der Waals surface area contributed by atoms with Gasteiger partial charge in [-0.15, -0.1) is 11.8 Å². The van der Waals surface area contributed by atoms with Gasteiger partial charge in [0.15, 0.2) is 0 Å². The van der Waals surface area contributed by atoms with Crippen LogP contribution in [0.2, 0.25) is 0 Å². The van der Waals surface area contributed by atoms with Gasteiger partial charge in [0.2, 0.25) is 0 Å². The molecule has 7 heteroatoms. The van der Waals surface area contributed by atoms with Gasteiger partial charge < -0.3 is 20.3 Å². The predicted octanol–water partition coefficient (Wildman–Crippen LogP) is 3.06. The second kappa shape index (κ2) is 10.9. The molecule has 1 aliphatic heterocycles. The minimum atomic E-state index is -0.130. The molecule has 1 saturated heterocycles. The van der Waals surface area contributed by atoms with Gasteiger partial charge in [0, 0.05) is 49.1 Å². The molecule has 1 aromatic carbocycles. The first-order valence-corrected chi connectivity index (χ1v) is 11.8. The Bertz CT molecular complexity index is 699. The Kier molecular flexibility index (Phi) is 8.24. The number of anilines is 1. The molecule has 0 unspecified atom stereocenters. The summed E-state index contributed by atoms with van der Waals surface area (Å²) in [6, 6.07) is 6.30. The highest BCUT2D eigenvalue weighted by atomic mass is 32.2. The van der Waals surface area contributed by atoms with Gasteiger partial charge in [-0.1, -0.05) is 0 Å². The molecular formula is C22H33N3O3S. The van der Waals surface area contributed by atoms with Gasteiger partial charge >= 0.3 is 5.97 Å². The van der Waals surface area contributed by atoms with Gasteiger partial charge in [-0.25, -0.2) is 0 Å². The highest BCUT2D eigenvalue weighted by molar-refractivity contribution is 7.98. The van der Waals surface area contributed by atoms with Gasteiger partial charge in [-0.3, -0.25) is 9.59 Å². The maximum atomic E-state index is 12.8. The number of amides is 1. The molecule has 2 aliphatic rings. The number of esters is 1. The minimum Gasteiger partial charge on any atom is -0.469 e. The molecule has 0 radical (unpaired) electrons. The van der Waals surface area contributed by atoms with Crippen molar-refractivity contribution in [3.63, 3.8) is 0 Å². The van der Waals surface area contributed by atoms with Crippen LogP contribution in [0.25, 0.3) is 0 Å². The van der Waals surface area contributed by atoms with Crippen LogP contribution in [-0.4, -0.2) is 57.5 Å². The fourth-order valence-electron chi connectivity index (χ4n) is 4.27. The van der Waals surface area contributed by atoms with E-state index in [9.17, 15) is 9.59 Å². The number of nitrogens with one attached hydrogen (secondary N) is 2. The van der Waals surface area contributed by atoms with Gasteiger partial charge in [-0.05, 0) is 62.5 Å². The fraction of sp³-hybridized carbons (Fsp3) is 0.636. The van der Waals surface area contributed by atoms with Crippen molar-refractivity contribution >= 4 is 29.3 Å². The van der Waals surface area contributed by atoms with Crippen LogP contribution in [0, 0.1) is 5.92 Å². The number of methoxy groups -OCH3 is 1. The predicted molar refractivity (Wildman–Crippen MR) is 118 cm³/mol. The summed E-state index contributed by atoms with van der Waals surface area (Å²) >= 11 is 1.70. The Balaban J connectivity index is 1.52. The Labute approximate surface area is 178 Å². The molecule has 0 atom stereocenters. The summed E-state index contributed by atoms with van der Waals surface area (Å²) in [5.74, 6) is 0.447. The quantitative estimate of drug-likeness (QED) is 0.523. The van der Waals surface area contributed by atoms with Crippen LogP contribution in [-0.2, 0) is 9.53 Å². The normalized spacial score (nSPS) is 22.2. The van der Waals surface area contributed by atoms with E-state index >= 15 is 0 Å². The molecule has 3 rings (SSSR count). The van der Waals surface area contributed by atoms with E-state index in [4.69, 9.17) is 4.74 Å². The summed E-state index contributed by atoms with van der Waals surface area (Å²) in [5.41, 5.74) is 1.96. The van der Waals surface area contributed by atoms with Crippen LogP contribution < -0.4 is 15.5 Å². The lowest BCUT2D eigenvalue weighted by Crippen LogP contribution is -2.43. The second-order valence-electron chi connectivity index (χ2n) is 7.93. The highest BCUT2D eigenvalue weighted by Crippen LogP contribution is 2.31. The van der Waals surface area contributed by atoms with E-state index in [1.165, 1.54) is 12.8 Å². The number of carbonyl (C=O) groups is 2. The fourth-order valence-corrected chi connectivity index (χ4v) is 4.93. The SMILES string of the molecule is COC(=O)CCC1CCC(NC(=O)c2ccc(N3CCNCC3)c(SC)c2)CC1. The van der Waals surface area contributed by atoms with E-state index in [2.05, 4.69) is 27.9 Å². The van der Waals surface area contributed by atoms with Crippen molar-refractivity contribution in [1.29, 1.82) is 0 Å². The van der Waals surface area contributed by atoms with E-state index in [1.54, 1.807) is 11.8 Å². The van der Waals surface area contributed by atoms with Crippen LogP contribution in [0.3, 0.4) is 0 Å². The summed E-state index contributed by atoms with van der Waals surface area (Å²) in [6.07, 6.45) is 7.52. The topological polar surface area (TPSA) is 70.7 Å². The number of hydrogen-bond acceptors (Lipinski definition) is 6. The third kappa shape index (κ3) is 6.12. The zero-order valence-electron chi connectivity index (χ0n) is 17.5. The zero-order chi connectivity index (χ0) is 20.6. The van der Waals surface area contributed by atoms with Gasteiger partial charge in [0.05, 0.1) is 12.8 Å².